The lowest BCUT2D eigenvalue weighted by Gasteiger charge is -2.35. The van der Waals surface area contributed by atoms with Crippen molar-refractivity contribution in [1.82, 2.24) is 15.1 Å². The van der Waals surface area contributed by atoms with Gasteiger partial charge in [0.1, 0.15) is 0 Å². The number of hydrogen-bond donors (Lipinski definition) is 1. The molecule has 0 aromatic heterocycles. The Morgan fingerprint density at radius 3 is 2.35 bits per heavy atom. The molecule has 2 rings (SSSR count). The first-order valence-corrected chi connectivity index (χ1v) is 7.99. The number of rotatable bonds is 5. The number of carbonyl (C=O) groups excluding carboxylic acids is 1. The molecule has 2 heterocycles. The van der Waals surface area contributed by atoms with Gasteiger partial charge in [0.25, 0.3) is 0 Å². The fourth-order valence-corrected chi connectivity index (χ4v) is 3.30. The average molecular weight is 304 g/mol. The fourth-order valence-electron chi connectivity index (χ4n) is 3.30. The maximum absolute atomic E-state index is 12.3. The number of hydrogen-bond acceptors (Lipinski definition) is 3. The van der Waals surface area contributed by atoms with Crippen LogP contribution in [0, 0.1) is 5.92 Å². The van der Waals surface area contributed by atoms with E-state index in [9.17, 15) is 4.79 Å². The summed E-state index contributed by atoms with van der Waals surface area (Å²) < 4.78 is 0. The van der Waals surface area contributed by atoms with E-state index in [-0.39, 0.29) is 18.4 Å². The summed E-state index contributed by atoms with van der Waals surface area (Å²) in [6, 6.07) is 0.110. The van der Waals surface area contributed by atoms with E-state index in [0.29, 0.717) is 5.91 Å². The van der Waals surface area contributed by atoms with Gasteiger partial charge in [-0.15, -0.1) is 12.4 Å². The van der Waals surface area contributed by atoms with Crippen LogP contribution in [0.15, 0.2) is 0 Å². The van der Waals surface area contributed by atoms with Crippen LogP contribution in [0.5, 0.6) is 0 Å². The van der Waals surface area contributed by atoms with E-state index in [2.05, 4.69) is 29.0 Å². The van der Waals surface area contributed by atoms with E-state index >= 15 is 0 Å². The summed E-state index contributed by atoms with van der Waals surface area (Å²) in [7, 11) is 0. The van der Waals surface area contributed by atoms with E-state index in [1.54, 1.807) is 0 Å². The number of nitrogens with one attached hydrogen (secondary N) is 1. The Morgan fingerprint density at radius 1 is 1.20 bits per heavy atom. The monoisotopic (exact) mass is 303 g/mol. The average Bonchev–Trinajstić information content (AvgIpc) is 2.99. The molecule has 2 aliphatic heterocycles. The van der Waals surface area contributed by atoms with Crippen LogP contribution in [0.3, 0.4) is 0 Å². The lowest BCUT2D eigenvalue weighted by atomic mass is 9.95. The first-order valence-electron chi connectivity index (χ1n) is 7.99. The van der Waals surface area contributed by atoms with Gasteiger partial charge in [-0.2, -0.15) is 0 Å². The molecule has 0 aromatic carbocycles. The molecule has 0 saturated carbocycles. The summed E-state index contributed by atoms with van der Waals surface area (Å²) in [6.07, 6.45) is 4.52. The van der Waals surface area contributed by atoms with Crippen molar-refractivity contribution in [2.24, 2.45) is 5.92 Å². The van der Waals surface area contributed by atoms with E-state index in [1.165, 1.54) is 19.4 Å². The molecule has 20 heavy (non-hydrogen) atoms. The van der Waals surface area contributed by atoms with Crippen LogP contribution in [-0.2, 0) is 4.79 Å². The number of carbonyl (C=O) groups is 1. The third-order valence-corrected chi connectivity index (χ3v) is 4.70. The zero-order chi connectivity index (χ0) is 13.7. The van der Waals surface area contributed by atoms with Gasteiger partial charge in [-0.3, -0.25) is 4.79 Å². The zero-order valence-corrected chi connectivity index (χ0v) is 13.8. The van der Waals surface area contributed by atoms with Gasteiger partial charge in [-0.05, 0) is 51.2 Å². The molecule has 2 aliphatic rings. The topological polar surface area (TPSA) is 35.6 Å². The smallest absolute Gasteiger partial charge is 0.239 e. The van der Waals surface area contributed by atoms with Gasteiger partial charge in [0, 0.05) is 19.6 Å². The van der Waals surface area contributed by atoms with E-state index in [0.717, 1.165) is 51.5 Å². The molecule has 118 valence electrons. The van der Waals surface area contributed by atoms with Crippen molar-refractivity contribution in [2.75, 3.05) is 39.3 Å². The highest BCUT2D eigenvalue weighted by Crippen LogP contribution is 2.20. The van der Waals surface area contributed by atoms with E-state index in [4.69, 9.17) is 0 Å². The van der Waals surface area contributed by atoms with Crippen molar-refractivity contribution < 1.29 is 4.79 Å². The standard InChI is InChI=1S/C15H29N3O.ClH/c1-3-17(4-2)12-13-7-10-18(11-8-13)15(19)14-6-5-9-16-14;/h13-14,16H,3-12H2,1-2H3;1H. The van der Waals surface area contributed by atoms with Gasteiger partial charge in [-0.1, -0.05) is 13.8 Å². The molecule has 1 unspecified atom stereocenters. The van der Waals surface area contributed by atoms with Gasteiger partial charge in [0.05, 0.1) is 6.04 Å². The highest BCUT2D eigenvalue weighted by atomic mass is 35.5. The van der Waals surface area contributed by atoms with Crippen LogP contribution in [0.2, 0.25) is 0 Å². The summed E-state index contributed by atoms with van der Waals surface area (Å²) in [5, 5.41) is 3.32. The predicted molar refractivity (Wildman–Crippen MR) is 85.4 cm³/mol. The zero-order valence-electron chi connectivity index (χ0n) is 12.9. The first kappa shape index (κ1) is 17.7. The molecule has 0 radical (unpaired) electrons. The molecule has 0 aromatic rings. The highest BCUT2D eigenvalue weighted by molar-refractivity contribution is 5.85. The number of likely N-dealkylation sites (tertiary alicyclic amines) is 1. The van der Waals surface area contributed by atoms with Crippen LogP contribution in [0.1, 0.15) is 39.5 Å². The van der Waals surface area contributed by atoms with Crippen LogP contribution in [-0.4, -0.2) is 61.0 Å². The van der Waals surface area contributed by atoms with Crippen molar-refractivity contribution in [1.29, 1.82) is 0 Å². The van der Waals surface area contributed by atoms with Gasteiger partial charge in [-0.25, -0.2) is 0 Å². The fraction of sp³-hybridized carbons (Fsp3) is 0.933. The van der Waals surface area contributed by atoms with Crippen molar-refractivity contribution in [3.8, 4) is 0 Å². The summed E-state index contributed by atoms with van der Waals surface area (Å²) in [5.74, 6) is 1.12. The van der Waals surface area contributed by atoms with Gasteiger partial charge in [0.15, 0.2) is 0 Å². The molecule has 0 aliphatic carbocycles. The van der Waals surface area contributed by atoms with Crippen LogP contribution >= 0.6 is 12.4 Å². The second-order valence-electron chi connectivity index (χ2n) is 5.90. The first-order chi connectivity index (χ1) is 9.24. The second kappa shape index (κ2) is 8.85. The number of nitrogens with zero attached hydrogens (tertiary/aromatic N) is 2. The summed E-state index contributed by atoms with van der Waals surface area (Å²) in [5.41, 5.74) is 0. The maximum Gasteiger partial charge on any atom is 0.239 e. The van der Waals surface area contributed by atoms with Crippen molar-refractivity contribution in [2.45, 2.75) is 45.6 Å². The summed E-state index contributed by atoms with van der Waals surface area (Å²) in [4.78, 5) is 16.9. The van der Waals surface area contributed by atoms with E-state index < -0.39 is 0 Å². The lowest BCUT2D eigenvalue weighted by molar-refractivity contribution is -0.134. The largest absolute Gasteiger partial charge is 0.341 e. The molecule has 5 heteroatoms. The minimum absolute atomic E-state index is 0. The number of piperidine rings is 1. The van der Waals surface area contributed by atoms with Crippen LogP contribution in [0.4, 0.5) is 0 Å². The summed E-state index contributed by atoms with van der Waals surface area (Å²) in [6.45, 7) is 10.9. The Labute approximate surface area is 129 Å². The molecule has 1 atom stereocenters. The number of halogens is 1. The molecule has 4 nitrogen and oxygen atoms in total. The Hall–Kier alpha value is -0.320. The minimum Gasteiger partial charge on any atom is -0.341 e. The third-order valence-electron chi connectivity index (χ3n) is 4.70. The predicted octanol–water partition coefficient (Wildman–Crippen LogP) is 1.74. The maximum atomic E-state index is 12.3. The Balaban J connectivity index is 0.00000200. The van der Waals surface area contributed by atoms with Crippen molar-refractivity contribution >= 4 is 18.3 Å². The lowest BCUT2D eigenvalue weighted by Crippen LogP contribution is -2.48. The molecular weight excluding hydrogens is 274 g/mol. The van der Waals surface area contributed by atoms with Crippen LogP contribution in [0.25, 0.3) is 0 Å². The van der Waals surface area contributed by atoms with Crippen molar-refractivity contribution in [3.05, 3.63) is 0 Å². The van der Waals surface area contributed by atoms with Crippen LogP contribution < -0.4 is 5.32 Å². The quantitative estimate of drug-likeness (QED) is 0.840. The highest BCUT2D eigenvalue weighted by Gasteiger charge is 2.29. The second-order valence-corrected chi connectivity index (χ2v) is 5.90. The van der Waals surface area contributed by atoms with E-state index in [1.807, 2.05) is 0 Å². The summed E-state index contributed by atoms with van der Waals surface area (Å²) >= 11 is 0. The Kier molecular flexibility index (Phi) is 7.85. The Bertz CT molecular complexity index is 283. The molecule has 1 N–H and O–H groups in total. The van der Waals surface area contributed by atoms with Crippen molar-refractivity contribution in [3.63, 3.8) is 0 Å². The molecule has 2 saturated heterocycles. The Morgan fingerprint density at radius 2 is 1.85 bits per heavy atom. The SMILES string of the molecule is CCN(CC)CC1CCN(C(=O)C2CCCN2)CC1.Cl. The minimum atomic E-state index is 0. The number of amides is 1. The molecular formula is C15H30ClN3O. The molecule has 0 spiro atoms. The van der Waals surface area contributed by atoms with Gasteiger partial charge in [0.2, 0.25) is 5.91 Å². The van der Waals surface area contributed by atoms with Gasteiger partial charge < -0.3 is 15.1 Å². The van der Waals surface area contributed by atoms with Gasteiger partial charge >= 0.3 is 0 Å². The molecule has 0 bridgehead atoms. The third kappa shape index (κ3) is 4.61. The molecule has 2 fully saturated rings. The normalized spacial score (nSPS) is 23.9. The molecule has 1 amide bonds.